The highest BCUT2D eigenvalue weighted by Crippen LogP contribution is 2.40. The van der Waals surface area contributed by atoms with Crippen molar-refractivity contribution in [3.05, 3.63) is 72.6 Å². The van der Waals surface area contributed by atoms with Crippen LogP contribution in [0.4, 0.5) is 15.9 Å². The van der Waals surface area contributed by atoms with E-state index in [-0.39, 0.29) is 0 Å². The molecule has 9 nitrogen and oxygen atoms in total. The zero-order chi connectivity index (χ0) is 23.1. The minimum Gasteiger partial charge on any atom is -0.457 e. The van der Waals surface area contributed by atoms with Gasteiger partial charge in [0.05, 0.1) is 0 Å². The molecule has 0 unspecified atom stereocenters. The van der Waals surface area contributed by atoms with Gasteiger partial charge in [-0.1, -0.05) is 0 Å². The Kier molecular flexibility index (Phi) is 4.88. The molecule has 0 radical (unpaired) electrons. The lowest BCUT2D eigenvalue weighted by atomic mass is 9.87. The number of nitrogens with one attached hydrogen (secondary N) is 2. The van der Waals surface area contributed by atoms with Gasteiger partial charge in [-0.15, -0.1) is 0 Å². The molecule has 0 spiro atoms. The Morgan fingerprint density at radius 1 is 1.00 bits per heavy atom. The summed E-state index contributed by atoms with van der Waals surface area (Å²) < 4.78 is 25.2. The number of nitrogens with zero attached hydrogens (tertiary/aromatic N) is 6. The van der Waals surface area contributed by atoms with Crippen LogP contribution < -0.4 is 15.4 Å². The third kappa shape index (κ3) is 3.61. The van der Waals surface area contributed by atoms with Crippen molar-refractivity contribution in [3.63, 3.8) is 0 Å². The second-order valence-electron chi connectivity index (χ2n) is 8.48. The Balaban J connectivity index is 1.29. The first-order valence-electron chi connectivity index (χ1n) is 11.2. The summed E-state index contributed by atoms with van der Waals surface area (Å²) in [6, 6.07) is 11.3. The quantitative estimate of drug-likeness (QED) is 0.408. The molecular formula is C24H23FN8O. The van der Waals surface area contributed by atoms with Gasteiger partial charge in [0.2, 0.25) is 0 Å². The van der Waals surface area contributed by atoms with Crippen LogP contribution in [0.1, 0.15) is 24.0 Å². The molecule has 1 aliphatic rings. The van der Waals surface area contributed by atoms with Crippen LogP contribution in [0.2, 0.25) is 0 Å². The second-order valence-corrected chi connectivity index (χ2v) is 8.48. The van der Waals surface area contributed by atoms with Crippen molar-refractivity contribution in [3.8, 4) is 11.5 Å². The van der Waals surface area contributed by atoms with Crippen LogP contribution in [-0.4, -0.2) is 42.3 Å². The van der Waals surface area contributed by atoms with E-state index in [1.165, 1.54) is 12.7 Å². The maximum absolute atomic E-state index is 15.8. The first-order chi connectivity index (χ1) is 16.6. The zero-order valence-electron chi connectivity index (χ0n) is 18.6. The summed E-state index contributed by atoms with van der Waals surface area (Å²) in [5.41, 5.74) is 2.35. The van der Waals surface area contributed by atoms with E-state index < -0.39 is 5.67 Å². The molecule has 6 rings (SSSR count). The summed E-state index contributed by atoms with van der Waals surface area (Å²) >= 11 is 0. The number of anilines is 2. The third-order valence-corrected chi connectivity index (χ3v) is 6.25. The Morgan fingerprint density at radius 3 is 2.65 bits per heavy atom. The maximum Gasteiger partial charge on any atom is 0.158 e. The highest BCUT2D eigenvalue weighted by Gasteiger charge is 2.36. The Labute approximate surface area is 194 Å². The number of piperidine rings is 1. The minimum atomic E-state index is -1.40. The van der Waals surface area contributed by atoms with E-state index in [1.807, 2.05) is 43.3 Å². The van der Waals surface area contributed by atoms with Crippen LogP contribution in [0.5, 0.6) is 11.5 Å². The average molecular weight is 459 g/mol. The summed E-state index contributed by atoms with van der Waals surface area (Å²) in [5.74, 6) is 1.97. The topological polar surface area (TPSA) is 93.7 Å². The molecule has 0 aliphatic carbocycles. The van der Waals surface area contributed by atoms with E-state index in [1.54, 1.807) is 21.4 Å². The number of hydrogen-bond donors (Lipinski definition) is 2. The fraction of sp³-hybridized carbons (Fsp3) is 0.250. The van der Waals surface area contributed by atoms with Crippen LogP contribution >= 0.6 is 0 Å². The van der Waals surface area contributed by atoms with Crippen LogP contribution in [0.3, 0.4) is 0 Å². The summed E-state index contributed by atoms with van der Waals surface area (Å²) in [7, 11) is 0. The molecule has 34 heavy (non-hydrogen) atoms. The summed E-state index contributed by atoms with van der Waals surface area (Å²) in [6.07, 6.45) is 7.41. The molecule has 0 bridgehead atoms. The number of benzene rings is 1. The molecule has 1 fully saturated rings. The lowest BCUT2D eigenvalue weighted by Crippen LogP contribution is -2.36. The molecule has 0 saturated carbocycles. The number of aryl methyl sites for hydroxylation is 1. The fourth-order valence-electron chi connectivity index (χ4n) is 4.47. The number of hydrogen-bond acceptors (Lipinski definition) is 7. The minimum absolute atomic E-state index is 0.423. The largest absolute Gasteiger partial charge is 0.457 e. The molecule has 0 atom stereocenters. The van der Waals surface area contributed by atoms with Crippen LogP contribution in [-0.2, 0) is 5.67 Å². The molecule has 0 amide bonds. The van der Waals surface area contributed by atoms with Crippen molar-refractivity contribution < 1.29 is 9.13 Å². The fourth-order valence-corrected chi connectivity index (χ4v) is 4.47. The highest BCUT2D eigenvalue weighted by atomic mass is 19.1. The van der Waals surface area contributed by atoms with Gasteiger partial charge in [-0.2, -0.15) is 10.2 Å². The van der Waals surface area contributed by atoms with Crippen molar-refractivity contribution in [1.29, 1.82) is 0 Å². The number of fused-ring (bicyclic) bond motifs is 2. The molecule has 2 N–H and O–H groups in total. The van der Waals surface area contributed by atoms with E-state index in [0.717, 1.165) is 17.0 Å². The van der Waals surface area contributed by atoms with E-state index in [2.05, 4.69) is 30.8 Å². The summed E-state index contributed by atoms with van der Waals surface area (Å²) in [6.45, 7) is 3.27. The van der Waals surface area contributed by atoms with Gasteiger partial charge in [0.15, 0.2) is 11.5 Å². The van der Waals surface area contributed by atoms with Gasteiger partial charge in [-0.05, 0) is 68.8 Å². The van der Waals surface area contributed by atoms with Crippen molar-refractivity contribution in [1.82, 2.24) is 34.5 Å². The molecule has 1 saturated heterocycles. The van der Waals surface area contributed by atoms with Gasteiger partial charge in [-0.25, -0.2) is 23.4 Å². The van der Waals surface area contributed by atoms with Gasteiger partial charge in [0.25, 0.3) is 0 Å². The molecule has 1 aromatic carbocycles. The Bertz CT molecular complexity index is 1490. The van der Waals surface area contributed by atoms with E-state index in [4.69, 9.17) is 4.74 Å². The first-order valence-corrected chi connectivity index (χ1v) is 11.2. The van der Waals surface area contributed by atoms with Crippen LogP contribution in [0, 0.1) is 6.92 Å². The lowest BCUT2D eigenvalue weighted by Gasteiger charge is -2.30. The van der Waals surface area contributed by atoms with Crippen LogP contribution in [0.15, 0.2) is 61.4 Å². The summed E-state index contributed by atoms with van der Waals surface area (Å²) in [4.78, 5) is 8.62. The predicted molar refractivity (Wildman–Crippen MR) is 125 cm³/mol. The van der Waals surface area contributed by atoms with Gasteiger partial charge in [0, 0.05) is 29.7 Å². The SMILES string of the molecule is Cc1cc(Nc2ncnn3ccc(C4(F)CCNCC4)c23)ccc1Oc1ccn2ncnc2c1. The Hall–Kier alpha value is -4.05. The number of rotatable bonds is 5. The van der Waals surface area contributed by atoms with Crippen molar-refractivity contribution in [2.24, 2.45) is 0 Å². The molecule has 172 valence electrons. The number of pyridine rings is 1. The number of aromatic nitrogens is 6. The molecule has 10 heteroatoms. The smallest absolute Gasteiger partial charge is 0.158 e. The standard InChI is InChI=1S/C24H23FN8O/c1-16-12-17(2-3-20(16)34-18-4-10-32-21(13-18)27-14-29-32)31-23-22-19(5-11-33(22)30-15-28-23)24(25)6-8-26-9-7-24/h2-5,10-15,26H,6-9H2,1H3,(H,28,30,31). The number of alkyl halides is 1. The maximum atomic E-state index is 15.8. The van der Waals surface area contributed by atoms with Crippen LogP contribution in [0.25, 0.3) is 11.2 Å². The van der Waals surface area contributed by atoms with Gasteiger partial charge >= 0.3 is 0 Å². The number of halogens is 1. The van der Waals surface area contributed by atoms with E-state index in [9.17, 15) is 0 Å². The molecule has 5 heterocycles. The average Bonchev–Trinajstić information content (AvgIpc) is 3.49. The molecular weight excluding hydrogens is 435 g/mol. The van der Waals surface area contributed by atoms with Gasteiger partial charge in [-0.3, -0.25) is 0 Å². The normalized spacial score (nSPS) is 15.6. The van der Waals surface area contributed by atoms with Crippen molar-refractivity contribution in [2.75, 3.05) is 18.4 Å². The predicted octanol–water partition coefficient (Wildman–Crippen LogP) is 4.16. The molecule has 1 aliphatic heterocycles. The molecule has 5 aromatic rings. The van der Waals surface area contributed by atoms with Gasteiger partial charge in [0.1, 0.15) is 35.3 Å². The van der Waals surface area contributed by atoms with Gasteiger partial charge < -0.3 is 15.4 Å². The third-order valence-electron chi connectivity index (χ3n) is 6.25. The highest BCUT2D eigenvalue weighted by molar-refractivity contribution is 5.78. The zero-order valence-corrected chi connectivity index (χ0v) is 18.6. The van der Waals surface area contributed by atoms with Crippen molar-refractivity contribution in [2.45, 2.75) is 25.4 Å². The molecule has 4 aromatic heterocycles. The second kappa shape index (κ2) is 8.07. The Morgan fingerprint density at radius 2 is 1.79 bits per heavy atom. The monoisotopic (exact) mass is 458 g/mol. The van der Waals surface area contributed by atoms with E-state index >= 15 is 4.39 Å². The number of ether oxygens (including phenoxy) is 1. The van der Waals surface area contributed by atoms with E-state index in [0.29, 0.717) is 54.2 Å². The lowest BCUT2D eigenvalue weighted by molar-refractivity contribution is 0.117. The first kappa shape index (κ1) is 20.5. The van der Waals surface area contributed by atoms with Crippen molar-refractivity contribution >= 4 is 22.7 Å². The summed E-state index contributed by atoms with van der Waals surface area (Å²) in [5, 5.41) is 15.0.